The van der Waals surface area contributed by atoms with Crippen LogP contribution in [0.25, 0.3) is 0 Å². The van der Waals surface area contributed by atoms with E-state index in [2.05, 4.69) is 31.0 Å². The predicted molar refractivity (Wildman–Crippen MR) is 130 cm³/mol. The van der Waals surface area contributed by atoms with Crippen molar-refractivity contribution in [1.82, 2.24) is 30.4 Å². The molecule has 2 fully saturated rings. The van der Waals surface area contributed by atoms with Crippen molar-refractivity contribution in [3.05, 3.63) is 58.0 Å². The normalized spacial score (nSPS) is 16.8. The van der Waals surface area contributed by atoms with Crippen LogP contribution in [0.4, 0.5) is 5.69 Å². The lowest BCUT2D eigenvalue weighted by Crippen LogP contribution is -2.54. The van der Waals surface area contributed by atoms with Crippen LogP contribution in [-0.4, -0.2) is 42.9 Å². The Labute approximate surface area is 208 Å². The van der Waals surface area contributed by atoms with Gasteiger partial charge in [0, 0.05) is 18.0 Å². The van der Waals surface area contributed by atoms with Crippen LogP contribution in [0.1, 0.15) is 67.2 Å². The first-order valence-corrected chi connectivity index (χ1v) is 12.7. The molecular weight excluding hydrogens is 462 g/mol. The van der Waals surface area contributed by atoms with Gasteiger partial charge < -0.3 is 15.6 Å². The summed E-state index contributed by atoms with van der Waals surface area (Å²) < 4.78 is 6.37. The van der Waals surface area contributed by atoms with Crippen LogP contribution in [0, 0.1) is 17.8 Å². The highest BCUT2D eigenvalue weighted by molar-refractivity contribution is 6.00. The molecule has 0 saturated heterocycles. The van der Waals surface area contributed by atoms with Gasteiger partial charge in [-0.1, -0.05) is 56.7 Å². The van der Waals surface area contributed by atoms with Crippen LogP contribution in [0.3, 0.4) is 0 Å². The Morgan fingerprint density at radius 2 is 1.94 bits per heavy atom. The van der Waals surface area contributed by atoms with Gasteiger partial charge in [0.25, 0.3) is 11.5 Å². The van der Waals surface area contributed by atoms with Crippen LogP contribution < -0.4 is 16.2 Å². The van der Waals surface area contributed by atoms with E-state index in [-0.39, 0.29) is 29.6 Å². The van der Waals surface area contributed by atoms with Crippen LogP contribution in [0.15, 0.2) is 40.1 Å². The average molecular weight is 494 g/mol. The number of aromatic amines is 1. The second kappa shape index (κ2) is 10.5. The fourth-order valence-electron chi connectivity index (χ4n) is 5.23. The molecule has 11 nitrogen and oxygen atoms in total. The van der Waals surface area contributed by atoms with Gasteiger partial charge in [-0.05, 0) is 35.4 Å². The first kappa shape index (κ1) is 24.0. The van der Waals surface area contributed by atoms with Crippen molar-refractivity contribution in [3.63, 3.8) is 0 Å². The third-order valence-electron chi connectivity index (χ3n) is 7.58. The summed E-state index contributed by atoms with van der Waals surface area (Å²) in [5, 5.41) is 17.8. The van der Waals surface area contributed by atoms with Crippen LogP contribution in [0.5, 0.6) is 0 Å². The van der Waals surface area contributed by atoms with Gasteiger partial charge in [0.1, 0.15) is 11.7 Å². The largest absolute Gasteiger partial charge is 0.338 e. The van der Waals surface area contributed by atoms with Crippen molar-refractivity contribution in [3.8, 4) is 0 Å². The summed E-state index contributed by atoms with van der Waals surface area (Å²) in [6.07, 6.45) is 11.9. The summed E-state index contributed by atoms with van der Waals surface area (Å²) in [6, 6.07) is 2.77. The standard InChI is InChI=1S/C25H31N7O4/c1-2-19-21(31-36-30-19)24(34)29-22(20(15-6-3-7-15)16-8-4-9-16)25(35)28-18-12-27-32(14-18)13-17-10-5-11-26-23(17)33/h5,10-12,14-16,20,22H,2-4,6-9,13H2,1H3,(H,26,33)(H,28,35)(H,29,34). The number of H-pyrrole nitrogens is 1. The molecule has 2 amide bonds. The highest BCUT2D eigenvalue weighted by atomic mass is 16.6. The Balaban J connectivity index is 1.35. The molecule has 0 radical (unpaired) electrons. The lowest BCUT2D eigenvalue weighted by atomic mass is 9.62. The minimum Gasteiger partial charge on any atom is -0.338 e. The fourth-order valence-corrected chi connectivity index (χ4v) is 5.23. The quantitative estimate of drug-likeness (QED) is 0.393. The minimum atomic E-state index is -0.713. The molecule has 1 atom stereocenters. The van der Waals surface area contributed by atoms with E-state index < -0.39 is 11.9 Å². The second-order valence-electron chi connectivity index (χ2n) is 9.76. The number of rotatable bonds is 10. The number of carbonyl (C=O) groups excluding carboxylic acids is 2. The monoisotopic (exact) mass is 493 g/mol. The number of amides is 2. The number of nitrogens with zero attached hydrogens (tertiary/aromatic N) is 4. The highest BCUT2D eigenvalue weighted by Crippen LogP contribution is 2.46. The molecule has 3 N–H and O–H groups in total. The molecule has 0 aliphatic heterocycles. The van der Waals surface area contributed by atoms with Gasteiger partial charge in [-0.2, -0.15) is 5.10 Å². The number of pyridine rings is 1. The Hall–Kier alpha value is -3.76. The summed E-state index contributed by atoms with van der Waals surface area (Å²) in [6.45, 7) is 2.14. The Morgan fingerprint density at radius 1 is 1.19 bits per heavy atom. The summed E-state index contributed by atoms with van der Waals surface area (Å²) in [4.78, 5) is 41.4. The van der Waals surface area contributed by atoms with E-state index in [1.807, 2.05) is 6.92 Å². The van der Waals surface area contributed by atoms with E-state index in [0.717, 1.165) is 38.5 Å². The number of aryl methyl sites for hydroxylation is 1. The molecule has 3 heterocycles. The van der Waals surface area contributed by atoms with Crippen molar-refractivity contribution in [2.75, 3.05) is 5.32 Å². The SMILES string of the molecule is CCc1nonc1C(=O)NC(C(=O)Nc1cnn(Cc2ccc[nH]c2=O)c1)C(C1CCC1)C1CCC1. The fraction of sp³-hybridized carbons (Fsp3) is 0.520. The van der Waals surface area contributed by atoms with E-state index in [1.54, 1.807) is 35.4 Å². The summed E-state index contributed by atoms with van der Waals surface area (Å²) in [5.41, 5.74) is 1.47. The third-order valence-corrected chi connectivity index (χ3v) is 7.58. The van der Waals surface area contributed by atoms with Gasteiger partial charge in [-0.15, -0.1) is 0 Å². The summed E-state index contributed by atoms with van der Waals surface area (Å²) in [5.74, 6) is 0.133. The van der Waals surface area contributed by atoms with Gasteiger partial charge in [0.15, 0.2) is 5.69 Å². The van der Waals surface area contributed by atoms with E-state index in [0.29, 0.717) is 35.2 Å². The molecule has 0 spiro atoms. The molecule has 2 saturated carbocycles. The van der Waals surface area contributed by atoms with Gasteiger partial charge >= 0.3 is 0 Å². The molecule has 5 rings (SSSR count). The second-order valence-corrected chi connectivity index (χ2v) is 9.76. The Kier molecular flexibility index (Phi) is 6.97. The average Bonchev–Trinajstić information content (AvgIpc) is 3.45. The molecule has 2 aliphatic rings. The molecule has 36 heavy (non-hydrogen) atoms. The first-order chi connectivity index (χ1) is 17.5. The van der Waals surface area contributed by atoms with Crippen molar-refractivity contribution >= 4 is 17.5 Å². The Morgan fingerprint density at radius 3 is 2.58 bits per heavy atom. The zero-order chi connectivity index (χ0) is 25.1. The Bertz CT molecular complexity index is 1260. The first-order valence-electron chi connectivity index (χ1n) is 12.7. The molecule has 11 heteroatoms. The number of anilines is 1. The zero-order valence-electron chi connectivity index (χ0n) is 20.3. The lowest BCUT2D eigenvalue weighted by Gasteiger charge is -2.45. The molecule has 3 aromatic rings. The summed E-state index contributed by atoms with van der Waals surface area (Å²) in [7, 11) is 0. The maximum Gasteiger partial charge on any atom is 0.276 e. The van der Waals surface area contributed by atoms with E-state index >= 15 is 0 Å². The van der Waals surface area contributed by atoms with Crippen LogP contribution in [-0.2, 0) is 17.8 Å². The molecule has 0 bridgehead atoms. The molecule has 3 aromatic heterocycles. The molecule has 1 unspecified atom stereocenters. The smallest absolute Gasteiger partial charge is 0.276 e. The van der Waals surface area contributed by atoms with E-state index in [9.17, 15) is 14.4 Å². The molecular formula is C25H31N7O4. The van der Waals surface area contributed by atoms with Crippen molar-refractivity contribution in [2.45, 2.75) is 64.5 Å². The number of hydrogen-bond donors (Lipinski definition) is 3. The third kappa shape index (κ3) is 4.95. The minimum absolute atomic E-state index is 0.0549. The predicted octanol–water partition coefficient (Wildman–Crippen LogP) is 2.52. The van der Waals surface area contributed by atoms with Gasteiger partial charge in [-0.25, -0.2) is 4.63 Å². The van der Waals surface area contributed by atoms with E-state index in [1.165, 1.54) is 0 Å². The van der Waals surface area contributed by atoms with Gasteiger partial charge in [0.2, 0.25) is 5.91 Å². The van der Waals surface area contributed by atoms with Crippen molar-refractivity contribution < 1.29 is 14.2 Å². The van der Waals surface area contributed by atoms with Crippen LogP contribution in [0.2, 0.25) is 0 Å². The molecule has 0 aromatic carbocycles. The highest BCUT2D eigenvalue weighted by Gasteiger charge is 2.44. The topological polar surface area (TPSA) is 148 Å². The van der Waals surface area contributed by atoms with Gasteiger partial charge in [-0.3, -0.25) is 19.1 Å². The lowest BCUT2D eigenvalue weighted by molar-refractivity contribution is -0.121. The molecule has 190 valence electrons. The molecule has 2 aliphatic carbocycles. The van der Waals surface area contributed by atoms with E-state index in [4.69, 9.17) is 4.63 Å². The van der Waals surface area contributed by atoms with Gasteiger partial charge in [0.05, 0.1) is 18.4 Å². The number of nitrogens with one attached hydrogen (secondary N) is 3. The van der Waals surface area contributed by atoms with Crippen LogP contribution >= 0.6 is 0 Å². The van der Waals surface area contributed by atoms with Crippen molar-refractivity contribution in [1.29, 1.82) is 0 Å². The zero-order valence-corrected chi connectivity index (χ0v) is 20.3. The summed E-state index contributed by atoms with van der Waals surface area (Å²) >= 11 is 0. The number of carbonyl (C=O) groups is 2. The number of hydrogen-bond acceptors (Lipinski definition) is 7. The maximum atomic E-state index is 13.6. The maximum absolute atomic E-state index is 13.6. The van der Waals surface area contributed by atoms with Crippen molar-refractivity contribution in [2.24, 2.45) is 17.8 Å². The number of aromatic nitrogens is 5.